The number of carbonyl (C=O) groups is 1. The van der Waals surface area contributed by atoms with Gasteiger partial charge in [0.2, 0.25) is 5.91 Å². The Morgan fingerprint density at radius 2 is 1.84 bits per heavy atom. The molecule has 0 aliphatic carbocycles. The van der Waals surface area contributed by atoms with Crippen LogP contribution in [0.25, 0.3) is 16.7 Å². The molecule has 1 amide bonds. The van der Waals surface area contributed by atoms with Crippen LogP contribution in [0.15, 0.2) is 71.9 Å². The van der Waals surface area contributed by atoms with Crippen molar-refractivity contribution in [2.24, 2.45) is 0 Å². The Bertz CT molecular complexity index is 1410. The molecule has 1 unspecified atom stereocenters. The lowest BCUT2D eigenvalue weighted by atomic mass is 10.1. The number of thioether (sulfide) groups is 1. The first-order valence-electron chi connectivity index (χ1n) is 12.6. The molecule has 0 radical (unpaired) electrons. The molecule has 1 saturated heterocycles. The zero-order valence-corrected chi connectivity index (χ0v) is 23.0. The van der Waals surface area contributed by atoms with Crippen LogP contribution in [0.2, 0.25) is 5.02 Å². The van der Waals surface area contributed by atoms with Gasteiger partial charge in [0.05, 0.1) is 27.0 Å². The Labute approximate surface area is 227 Å². The minimum absolute atomic E-state index is 0.113. The summed E-state index contributed by atoms with van der Waals surface area (Å²) in [6, 6.07) is 22.4. The van der Waals surface area contributed by atoms with E-state index >= 15 is 0 Å². The minimum Gasteiger partial charge on any atom is -0.324 e. The number of carbonyl (C=O) groups excluding carboxylic acids is 1. The Morgan fingerprint density at radius 3 is 2.62 bits per heavy atom. The van der Waals surface area contributed by atoms with E-state index in [4.69, 9.17) is 16.6 Å². The van der Waals surface area contributed by atoms with Crippen LogP contribution < -0.4 is 5.32 Å². The van der Waals surface area contributed by atoms with Crippen LogP contribution in [0.3, 0.4) is 0 Å². The third-order valence-corrected chi connectivity index (χ3v) is 8.10. The molecule has 1 fully saturated rings. The van der Waals surface area contributed by atoms with Crippen molar-refractivity contribution >= 4 is 46.0 Å². The van der Waals surface area contributed by atoms with Gasteiger partial charge in [-0.25, -0.2) is 4.98 Å². The van der Waals surface area contributed by atoms with Gasteiger partial charge in [0, 0.05) is 38.4 Å². The van der Waals surface area contributed by atoms with Crippen molar-refractivity contribution < 1.29 is 4.79 Å². The highest BCUT2D eigenvalue weighted by molar-refractivity contribution is 8.00. The van der Waals surface area contributed by atoms with Crippen molar-refractivity contribution in [2.45, 2.75) is 30.8 Å². The summed E-state index contributed by atoms with van der Waals surface area (Å²) >= 11 is 7.79. The predicted molar refractivity (Wildman–Crippen MR) is 154 cm³/mol. The van der Waals surface area contributed by atoms with E-state index in [1.54, 1.807) is 0 Å². The topological polar surface area (TPSA) is 53.4 Å². The quantitative estimate of drug-likeness (QED) is 0.302. The van der Waals surface area contributed by atoms with Crippen molar-refractivity contribution in [1.82, 2.24) is 19.4 Å². The molecular formula is C29H32ClN5OS. The van der Waals surface area contributed by atoms with Gasteiger partial charge in [0.15, 0.2) is 5.16 Å². The SMILES string of the molecule is Cc1ccc(NC(=O)C(C)Sc2nc3ccccc3n2-c2cccc(CN3CCN(C)CC3)c2)c(Cl)c1. The molecule has 1 aliphatic rings. The fourth-order valence-corrected chi connectivity index (χ4v) is 5.78. The fourth-order valence-electron chi connectivity index (χ4n) is 4.56. The first-order chi connectivity index (χ1) is 17.9. The Kier molecular flexibility index (Phi) is 7.86. The number of hydrogen-bond donors (Lipinski definition) is 1. The monoisotopic (exact) mass is 533 g/mol. The molecule has 6 nitrogen and oxygen atoms in total. The molecule has 0 bridgehead atoms. The van der Waals surface area contributed by atoms with E-state index in [1.165, 1.54) is 17.3 Å². The first kappa shape index (κ1) is 25.8. The number of nitrogens with zero attached hydrogens (tertiary/aromatic N) is 4. The van der Waals surface area contributed by atoms with Crippen molar-refractivity contribution in [3.05, 3.63) is 82.9 Å². The normalized spacial score (nSPS) is 15.7. The van der Waals surface area contributed by atoms with Gasteiger partial charge in [-0.15, -0.1) is 0 Å². The van der Waals surface area contributed by atoms with Crippen LogP contribution >= 0.6 is 23.4 Å². The van der Waals surface area contributed by atoms with E-state index in [2.05, 4.69) is 57.1 Å². The molecule has 1 N–H and O–H groups in total. The molecule has 0 saturated carbocycles. The number of imidazole rings is 1. The van der Waals surface area contributed by atoms with Crippen molar-refractivity contribution in [2.75, 3.05) is 38.5 Å². The number of para-hydroxylation sites is 2. The van der Waals surface area contributed by atoms with E-state index in [-0.39, 0.29) is 11.2 Å². The van der Waals surface area contributed by atoms with Gasteiger partial charge >= 0.3 is 0 Å². The second kappa shape index (κ2) is 11.3. The molecule has 5 rings (SSSR count). The number of halogens is 1. The van der Waals surface area contributed by atoms with Crippen LogP contribution in [0.4, 0.5) is 5.69 Å². The molecule has 0 spiro atoms. The highest BCUT2D eigenvalue weighted by atomic mass is 35.5. The second-order valence-electron chi connectivity index (χ2n) is 9.70. The van der Waals surface area contributed by atoms with Gasteiger partial charge in [-0.2, -0.15) is 0 Å². The number of aryl methyl sites for hydroxylation is 1. The van der Waals surface area contributed by atoms with Gasteiger partial charge in [0.25, 0.3) is 0 Å². The van der Waals surface area contributed by atoms with E-state index in [0.717, 1.165) is 60.2 Å². The number of nitrogens with one attached hydrogen (secondary N) is 1. The molecule has 1 aliphatic heterocycles. The highest BCUT2D eigenvalue weighted by Gasteiger charge is 2.21. The summed E-state index contributed by atoms with van der Waals surface area (Å²) in [5.41, 5.74) is 5.93. The molecule has 1 atom stereocenters. The van der Waals surface area contributed by atoms with Gasteiger partial charge in [-0.05, 0) is 68.4 Å². The number of aromatic nitrogens is 2. The van der Waals surface area contributed by atoms with Crippen LogP contribution in [-0.2, 0) is 11.3 Å². The van der Waals surface area contributed by atoms with Crippen LogP contribution in [0.5, 0.6) is 0 Å². The third kappa shape index (κ3) is 6.02. The van der Waals surface area contributed by atoms with Gasteiger partial charge < -0.3 is 10.2 Å². The maximum atomic E-state index is 13.1. The summed E-state index contributed by atoms with van der Waals surface area (Å²) in [4.78, 5) is 22.9. The number of benzene rings is 3. The number of rotatable bonds is 7. The Balaban J connectivity index is 1.40. The maximum absolute atomic E-state index is 13.1. The van der Waals surface area contributed by atoms with Crippen molar-refractivity contribution in [3.8, 4) is 5.69 Å². The van der Waals surface area contributed by atoms with Crippen LogP contribution in [0.1, 0.15) is 18.1 Å². The predicted octanol–water partition coefficient (Wildman–Crippen LogP) is 5.85. The fraction of sp³-hybridized carbons (Fsp3) is 0.310. The molecule has 3 aromatic carbocycles. The Morgan fingerprint density at radius 1 is 1.05 bits per heavy atom. The summed E-state index contributed by atoms with van der Waals surface area (Å²) in [5, 5.41) is 3.92. The molecular weight excluding hydrogens is 502 g/mol. The lowest BCUT2D eigenvalue weighted by Crippen LogP contribution is -2.43. The summed E-state index contributed by atoms with van der Waals surface area (Å²) in [7, 11) is 2.18. The summed E-state index contributed by atoms with van der Waals surface area (Å²) < 4.78 is 2.16. The molecule has 8 heteroatoms. The highest BCUT2D eigenvalue weighted by Crippen LogP contribution is 2.32. The average molecular weight is 534 g/mol. The van der Waals surface area contributed by atoms with Crippen LogP contribution in [-0.4, -0.2) is 63.7 Å². The van der Waals surface area contributed by atoms with E-state index in [9.17, 15) is 4.79 Å². The van der Waals surface area contributed by atoms with Crippen molar-refractivity contribution in [1.29, 1.82) is 0 Å². The molecule has 1 aromatic heterocycles. The number of fused-ring (bicyclic) bond motifs is 1. The second-order valence-corrected chi connectivity index (χ2v) is 11.4. The number of amides is 1. The van der Waals surface area contributed by atoms with Gasteiger partial charge in [-0.1, -0.05) is 53.7 Å². The van der Waals surface area contributed by atoms with E-state index < -0.39 is 0 Å². The minimum atomic E-state index is -0.374. The summed E-state index contributed by atoms with van der Waals surface area (Å²) in [6.45, 7) is 9.14. The zero-order valence-electron chi connectivity index (χ0n) is 21.4. The van der Waals surface area contributed by atoms with Crippen molar-refractivity contribution in [3.63, 3.8) is 0 Å². The van der Waals surface area contributed by atoms with Gasteiger partial charge in [0.1, 0.15) is 0 Å². The number of anilines is 1. The molecule has 4 aromatic rings. The number of piperazine rings is 1. The first-order valence-corrected chi connectivity index (χ1v) is 13.8. The van der Waals surface area contributed by atoms with E-state index in [1.807, 2.05) is 50.2 Å². The zero-order chi connectivity index (χ0) is 25.9. The summed E-state index contributed by atoms with van der Waals surface area (Å²) in [6.07, 6.45) is 0. The van der Waals surface area contributed by atoms with Gasteiger partial charge in [-0.3, -0.25) is 14.3 Å². The number of likely N-dealkylation sites (N-methyl/N-ethyl adjacent to an activating group) is 1. The lowest BCUT2D eigenvalue weighted by molar-refractivity contribution is -0.115. The molecule has 192 valence electrons. The summed E-state index contributed by atoms with van der Waals surface area (Å²) in [5.74, 6) is -0.113. The molecule has 37 heavy (non-hydrogen) atoms. The number of hydrogen-bond acceptors (Lipinski definition) is 5. The standard InChI is InChI=1S/C29H32ClN5OS/c1-20-11-12-25(24(30)17-20)31-28(36)21(2)37-29-32-26-9-4-5-10-27(26)35(29)23-8-6-7-22(18-23)19-34-15-13-33(3)14-16-34/h4-12,17-18,21H,13-16,19H2,1-3H3,(H,31,36). The maximum Gasteiger partial charge on any atom is 0.237 e. The average Bonchev–Trinajstić information content (AvgIpc) is 3.25. The van der Waals surface area contributed by atoms with E-state index in [0.29, 0.717) is 10.7 Å². The molecule has 2 heterocycles. The largest absolute Gasteiger partial charge is 0.324 e. The third-order valence-electron chi connectivity index (χ3n) is 6.73. The smallest absolute Gasteiger partial charge is 0.237 e. The lowest BCUT2D eigenvalue weighted by Gasteiger charge is -2.32. The Hall–Kier alpha value is -2.84. The van der Waals surface area contributed by atoms with Crippen LogP contribution in [0, 0.1) is 6.92 Å².